The first kappa shape index (κ1) is 34.5. The molecule has 1 aliphatic carbocycles. The van der Waals surface area contributed by atoms with E-state index in [2.05, 4.69) is 47.3 Å². The van der Waals surface area contributed by atoms with Crippen LogP contribution in [0.4, 0.5) is 22.1 Å². The van der Waals surface area contributed by atoms with Crippen LogP contribution < -0.4 is 20.1 Å². The van der Waals surface area contributed by atoms with Crippen molar-refractivity contribution < 1.29 is 23.8 Å². The van der Waals surface area contributed by atoms with E-state index in [1.807, 2.05) is 45.0 Å². The molecule has 2 unspecified atom stereocenters. The Kier molecular flexibility index (Phi) is 10.7. The minimum atomic E-state index is -0.548. The molecule has 2 aromatic carbocycles. The minimum absolute atomic E-state index is 0.321. The third kappa shape index (κ3) is 8.34. The number of rotatable bonds is 11. The summed E-state index contributed by atoms with van der Waals surface area (Å²) in [4.78, 5) is 35.8. The lowest BCUT2D eigenvalue weighted by atomic mass is 9.87. The van der Waals surface area contributed by atoms with E-state index >= 15 is 0 Å². The molecule has 254 valence electrons. The Morgan fingerprint density at radius 2 is 1.98 bits per heavy atom. The zero-order valence-corrected chi connectivity index (χ0v) is 28.9. The number of hydrogen-bond donors (Lipinski definition) is 2. The van der Waals surface area contributed by atoms with Crippen molar-refractivity contribution in [1.29, 1.82) is 0 Å². The van der Waals surface area contributed by atoms with Crippen molar-refractivity contribution in [2.24, 2.45) is 11.8 Å². The molecule has 0 fully saturated rings. The first-order valence-electron chi connectivity index (χ1n) is 16.6. The van der Waals surface area contributed by atoms with Crippen molar-refractivity contribution in [2.45, 2.75) is 65.4 Å². The molecule has 2 atom stereocenters. The van der Waals surface area contributed by atoms with Crippen molar-refractivity contribution in [3.8, 4) is 11.5 Å². The molecule has 0 saturated heterocycles. The third-order valence-electron chi connectivity index (χ3n) is 8.75. The van der Waals surface area contributed by atoms with Gasteiger partial charge in [0.05, 0.1) is 25.1 Å². The average Bonchev–Trinajstić information content (AvgIpc) is 3.36. The fraction of sp³-hybridized carbons (Fsp3) is 0.421. The number of unbranched alkanes of at least 4 members (excludes halogenated alkanes) is 1. The SMILES string of the molecule is C=CC(=O)Nc1cc(Nc2nccc(C3=CC(C)C4CCOc5cccc3c5C4)n2)c(OC)cc1CCCCN(C)C(=O)OC(C)(C)C. The monoisotopic (exact) mass is 653 g/mol. The van der Waals surface area contributed by atoms with Gasteiger partial charge in [-0.05, 0) is 106 Å². The smallest absolute Gasteiger partial charge is 0.410 e. The molecule has 0 radical (unpaired) electrons. The number of anilines is 3. The summed E-state index contributed by atoms with van der Waals surface area (Å²) >= 11 is 0. The number of carbonyl (C=O) groups excluding carboxylic acids is 2. The van der Waals surface area contributed by atoms with Crippen LogP contribution in [0.25, 0.3) is 5.57 Å². The van der Waals surface area contributed by atoms with Gasteiger partial charge in [0, 0.05) is 36.6 Å². The van der Waals surface area contributed by atoms with Crippen LogP contribution >= 0.6 is 0 Å². The topological polar surface area (TPSA) is 115 Å². The predicted molar refractivity (Wildman–Crippen MR) is 189 cm³/mol. The molecule has 10 nitrogen and oxygen atoms in total. The van der Waals surface area contributed by atoms with Gasteiger partial charge in [-0.15, -0.1) is 0 Å². The Morgan fingerprint density at radius 1 is 1.17 bits per heavy atom. The highest BCUT2D eigenvalue weighted by Crippen LogP contribution is 2.42. The summed E-state index contributed by atoms with van der Waals surface area (Å²) in [5.41, 5.74) is 5.83. The lowest BCUT2D eigenvalue weighted by Gasteiger charge is -2.24. The van der Waals surface area contributed by atoms with Crippen LogP contribution in [0, 0.1) is 11.8 Å². The molecule has 2 N–H and O–H groups in total. The molecule has 2 bridgehead atoms. The van der Waals surface area contributed by atoms with E-state index < -0.39 is 5.60 Å². The number of nitrogens with zero attached hydrogens (tertiary/aromatic N) is 3. The minimum Gasteiger partial charge on any atom is -0.495 e. The number of benzene rings is 2. The second-order valence-electron chi connectivity index (χ2n) is 13.5. The summed E-state index contributed by atoms with van der Waals surface area (Å²) in [6.45, 7) is 12.7. The molecule has 5 rings (SSSR count). The number of methoxy groups -OCH3 is 1. The maximum Gasteiger partial charge on any atom is 0.410 e. The Balaban J connectivity index is 1.37. The van der Waals surface area contributed by atoms with Crippen LogP contribution in [0.1, 0.15) is 69.3 Å². The number of fused-ring (bicyclic) bond motifs is 1. The van der Waals surface area contributed by atoms with Gasteiger partial charge in [0.2, 0.25) is 11.9 Å². The summed E-state index contributed by atoms with van der Waals surface area (Å²) in [5.74, 6) is 2.48. The Morgan fingerprint density at radius 3 is 2.73 bits per heavy atom. The Labute approximate surface area is 283 Å². The van der Waals surface area contributed by atoms with E-state index in [1.54, 1.807) is 25.3 Å². The van der Waals surface area contributed by atoms with Crippen LogP contribution in [-0.4, -0.2) is 59.8 Å². The fourth-order valence-corrected chi connectivity index (χ4v) is 6.19. The van der Waals surface area contributed by atoms with Crippen LogP contribution in [0.15, 0.2) is 61.3 Å². The Hall–Kier alpha value is -4.86. The molecule has 2 heterocycles. The van der Waals surface area contributed by atoms with Crippen LogP contribution in [0.2, 0.25) is 0 Å². The lowest BCUT2D eigenvalue weighted by molar-refractivity contribution is -0.111. The zero-order valence-electron chi connectivity index (χ0n) is 28.9. The van der Waals surface area contributed by atoms with Gasteiger partial charge < -0.3 is 29.7 Å². The first-order chi connectivity index (χ1) is 23.0. The van der Waals surface area contributed by atoms with Crippen LogP contribution in [-0.2, 0) is 22.4 Å². The van der Waals surface area contributed by atoms with Crippen molar-refractivity contribution in [2.75, 3.05) is 37.9 Å². The van der Waals surface area contributed by atoms with Crippen molar-refractivity contribution >= 4 is 34.9 Å². The van der Waals surface area contributed by atoms with E-state index in [0.29, 0.717) is 47.9 Å². The number of nitrogens with one attached hydrogen (secondary N) is 2. The molecule has 10 heteroatoms. The maximum atomic E-state index is 12.4. The molecule has 2 aliphatic rings. The van der Waals surface area contributed by atoms with Gasteiger partial charge in [-0.1, -0.05) is 31.7 Å². The summed E-state index contributed by atoms with van der Waals surface area (Å²) in [6.07, 6.45) is 9.13. The molecule has 1 aliphatic heterocycles. The van der Waals surface area contributed by atoms with Crippen molar-refractivity contribution in [3.63, 3.8) is 0 Å². The van der Waals surface area contributed by atoms with Crippen LogP contribution in [0.3, 0.4) is 0 Å². The highest BCUT2D eigenvalue weighted by atomic mass is 16.6. The standard InChI is InChI=1S/C38H47N5O5/c1-8-35(44)40-31-23-32(34(46-7)22-26(31)12-9-10-18-43(6)37(45)48-38(3,4)5)42-36-39-17-15-30(41-36)28-20-24(2)25-16-19-47-33-14-11-13-27(28)29(33)21-25/h8,11,13-15,17,20,22-25H,1,9-10,12,16,18-19,21H2,2-7H3,(H,40,44)(H,39,41,42). The molecule has 1 aromatic heterocycles. The summed E-state index contributed by atoms with van der Waals surface area (Å²) in [6, 6.07) is 11.9. The van der Waals surface area contributed by atoms with Crippen LogP contribution in [0.5, 0.6) is 11.5 Å². The number of amides is 2. The van der Waals surface area contributed by atoms with E-state index in [4.69, 9.17) is 19.2 Å². The van der Waals surface area contributed by atoms with Gasteiger partial charge in [0.25, 0.3) is 0 Å². The normalized spacial score (nSPS) is 16.8. The maximum absolute atomic E-state index is 12.4. The second kappa shape index (κ2) is 14.9. The van der Waals surface area contributed by atoms with E-state index in [-0.39, 0.29) is 12.0 Å². The number of hydrogen-bond acceptors (Lipinski definition) is 8. The predicted octanol–water partition coefficient (Wildman–Crippen LogP) is 7.57. The highest BCUT2D eigenvalue weighted by molar-refractivity contribution is 6.00. The largest absolute Gasteiger partial charge is 0.495 e. The summed E-state index contributed by atoms with van der Waals surface area (Å²) < 4.78 is 17.4. The lowest BCUT2D eigenvalue weighted by Crippen LogP contribution is -2.34. The summed E-state index contributed by atoms with van der Waals surface area (Å²) in [5, 5.41) is 6.27. The zero-order chi connectivity index (χ0) is 34.4. The number of carbonyl (C=O) groups is 2. The van der Waals surface area contributed by atoms with E-state index in [9.17, 15) is 9.59 Å². The van der Waals surface area contributed by atoms with E-state index in [0.717, 1.165) is 60.4 Å². The molecule has 3 aromatic rings. The molecular weight excluding hydrogens is 606 g/mol. The molecule has 0 saturated carbocycles. The summed E-state index contributed by atoms with van der Waals surface area (Å²) in [7, 11) is 3.34. The van der Waals surface area contributed by atoms with Gasteiger partial charge in [0.1, 0.15) is 17.1 Å². The molecule has 2 amide bonds. The fourth-order valence-electron chi connectivity index (χ4n) is 6.19. The van der Waals surface area contributed by atoms with Crippen molar-refractivity contribution in [1.82, 2.24) is 14.9 Å². The Bertz CT molecular complexity index is 1700. The van der Waals surface area contributed by atoms with Gasteiger partial charge in [-0.2, -0.15) is 0 Å². The first-order valence-corrected chi connectivity index (χ1v) is 16.6. The molecule has 0 spiro atoms. The van der Waals surface area contributed by atoms with Gasteiger partial charge in [-0.25, -0.2) is 14.8 Å². The van der Waals surface area contributed by atoms with E-state index in [1.165, 1.54) is 11.6 Å². The number of aryl methyl sites for hydroxylation is 1. The highest BCUT2D eigenvalue weighted by Gasteiger charge is 2.29. The van der Waals surface area contributed by atoms with Gasteiger partial charge in [-0.3, -0.25) is 4.79 Å². The van der Waals surface area contributed by atoms with Gasteiger partial charge in [0.15, 0.2) is 0 Å². The third-order valence-corrected chi connectivity index (χ3v) is 8.75. The molecule has 48 heavy (non-hydrogen) atoms. The molecular formula is C38H47N5O5. The second-order valence-corrected chi connectivity index (χ2v) is 13.5. The number of ether oxygens (including phenoxy) is 3. The number of aromatic nitrogens is 2. The van der Waals surface area contributed by atoms with Gasteiger partial charge >= 0.3 is 6.09 Å². The number of allylic oxidation sites excluding steroid dienone is 1. The quantitative estimate of drug-likeness (QED) is 0.161. The average molecular weight is 654 g/mol. The van der Waals surface area contributed by atoms with Crippen molar-refractivity contribution in [3.05, 3.63) is 83.7 Å².